The first kappa shape index (κ1) is 21.0. The molecule has 0 spiro atoms. The molecule has 0 atom stereocenters. The molecule has 8 nitrogen and oxygen atoms in total. The first-order valence-corrected chi connectivity index (χ1v) is 11.4. The third kappa shape index (κ3) is 4.52. The molecule has 0 N–H and O–H groups in total. The number of aromatic nitrogens is 3. The Labute approximate surface area is 191 Å². The van der Waals surface area contributed by atoms with Gasteiger partial charge in [0.15, 0.2) is 5.65 Å². The zero-order chi connectivity index (χ0) is 21.9. The largest absolute Gasteiger partial charge is 0.445 e. The number of hydrogen-bond donors (Lipinski definition) is 0. The van der Waals surface area contributed by atoms with Crippen LogP contribution in [0.3, 0.4) is 0 Å². The van der Waals surface area contributed by atoms with Crippen molar-refractivity contribution >= 4 is 29.2 Å². The number of carbonyl (C=O) groups excluding carboxylic acids is 1. The summed E-state index contributed by atoms with van der Waals surface area (Å²) in [6.07, 6.45) is 1.42. The Morgan fingerprint density at radius 3 is 2.59 bits per heavy atom. The first-order valence-electron chi connectivity index (χ1n) is 11.0. The number of likely N-dealkylation sites (tertiary alicyclic amines) is 1. The van der Waals surface area contributed by atoms with Gasteiger partial charge in [0.05, 0.1) is 18.9 Å². The minimum absolute atomic E-state index is 0.259. The van der Waals surface area contributed by atoms with Crippen LogP contribution in [0.25, 0.3) is 5.65 Å². The molecule has 5 rings (SSSR count). The highest BCUT2D eigenvalue weighted by molar-refractivity contribution is 6.29. The van der Waals surface area contributed by atoms with Gasteiger partial charge in [-0.25, -0.2) is 9.78 Å². The van der Waals surface area contributed by atoms with Gasteiger partial charge in [0, 0.05) is 44.2 Å². The predicted octanol–water partition coefficient (Wildman–Crippen LogP) is 3.74. The van der Waals surface area contributed by atoms with E-state index in [2.05, 4.69) is 9.88 Å². The van der Waals surface area contributed by atoms with Crippen LogP contribution in [0.15, 0.2) is 42.5 Å². The van der Waals surface area contributed by atoms with Crippen molar-refractivity contribution in [3.8, 4) is 0 Å². The zero-order valence-electron chi connectivity index (χ0n) is 17.8. The van der Waals surface area contributed by atoms with Gasteiger partial charge in [0.25, 0.3) is 0 Å². The minimum Gasteiger partial charge on any atom is -0.445 e. The second-order valence-electron chi connectivity index (χ2n) is 8.18. The number of morpholine rings is 1. The van der Waals surface area contributed by atoms with Crippen molar-refractivity contribution in [1.29, 1.82) is 0 Å². The number of ether oxygens (including phenoxy) is 2. The van der Waals surface area contributed by atoms with Gasteiger partial charge in [-0.15, -0.1) is 0 Å². The van der Waals surface area contributed by atoms with Crippen molar-refractivity contribution in [1.82, 2.24) is 19.5 Å². The lowest BCUT2D eigenvalue weighted by Crippen LogP contribution is -2.38. The van der Waals surface area contributed by atoms with E-state index in [1.807, 2.05) is 47.0 Å². The molecule has 2 aliphatic heterocycles. The summed E-state index contributed by atoms with van der Waals surface area (Å²) in [5.74, 6) is 1.21. The molecule has 2 aliphatic rings. The van der Waals surface area contributed by atoms with Crippen LogP contribution in [0.1, 0.15) is 30.0 Å². The number of piperidine rings is 1. The summed E-state index contributed by atoms with van der Waals surface area (Å²) in [5, 5.41) is 5.34. The van der Waals surface area contributed by atoms with E-state index in [1.165, 1.54) is 0 Å². The van der Waals surface area contributed by atoms with Crippen molar-refractivity contribution < 1.29 is 14.3 Å². The Morgan fingerprint density at radius 2 is 1.84 bits per heavy atom. The highest BCUT2D eigenvalue weighted by atomic mass is 35.5. The molecule has 1 amide bonds. The molecule has 0 saturated carbocycles. The summed E-state index contributed by atoms with van der Waals surface area (Å²) in [6, 6.07) is 13.6. The number of hydrogen-bond acceptors (Lipinski definition) is 6. The SMILES string of the molecule is O=C(OCc1ccccc1)N1CCC(c2cc3nc(Cl)cc(N4CCOCC4)n3n2)CC1. The van der Waals surface area contributed by atoms with Crippen molar-refractivity contribution in [2.24, 2.45) is 0 Å². The van der Waals surface area contributed by atoms with Gasteiger partial charge in [0.1, 0.15) is 17.6 Å². The fourth-order valence-corrected chi connectivity index (χ4v) is 4.52. The highest BCUT2D eigenvalue weighted by Gasteiger charge is 2.27. The van der Waals surface area contributed by atoms with Gasteiger partial charge in [-0.2, -0.15) is 9.61 Å². The number of rotatable bonds is 4. The summed E-state index contributed by atoms with van der Waals surface area (Å²) < 4.78 is 12.8. The minimum atomic E-state index is -0.259. The number of fused-ring (bicyclic) bond motifs is 1. The molecule has 0 bridgehead atoms. The maximum atomic E-state index is 12.5. The first-order chi connectivity index (χ1) is 15.7. The number of benzene rings is 1. The molecule has 2 aromatic heterocycles. The second-order valence-corrected chi connectivity index (χ2v) is 8.56. The van der Waals surface area contributed by atoms with E-state index < -0.39 is 0 Å². The number of halogens is 1. The van der Waals surface area contributed by atoms with Crippen LogP contribution in [0.4, 0.5) is 10.6 Å². The van der Waals surface area contributed by atoms with E-state index >= 15 is 0 Å². The topological polar surface area (TPSA) is 72.2 Å². The molecule has 0 unspecified atom stereocenters. The Kier molecular flexibility index (Phi) is 6.14. The average Bonchev–Trinajstić information content (AvgIpc) is 3.27. The van der Waals surface area contributed by atoms with E-state index in [9.17, 15) is 4.79 Å². The number of nitrogens with zero attached hydrogens (tertiary/aromatic N) is 5. The van der Waals surface area contributed by atoms with Crippen LogP contribution in [0, 0.1) is 0 Å². The number of anilines is 1. The number of carbonyl (C=O) groups is 1. The molecule has 168 valence electrons. The maximum absolute atomic E-state index is 12.5. The molecule has 1 aromatic carbocycles. The monoisotopic (exact) mass is 455 g/mol. The molecule has 4 heterocycles. The summed E-state index contributed by atoms with van der Waals surface area (Å²) >= 11 is 6.30. The van der Waals surface area contributed by atoms with Crippen LogP contribution in [-0.4, -0.2) is 65.0 Å². The van der Waals surface area contributed by atoms with E-state index in [4.69, 9.17) is 26.2 Å². The zero-order valence-corrected chi connectivity index (χ0v) is 18.6. The molecule has 0 radical (unpaired) electrons. The summed E-state index contributed by atoms with van der Waals surface area (Å²) in [4.78, 5) is 20.9. The van der Waals surface area contributed by atoms with Crippen LogP contribution >= 0.6 is 11.6 Å². The van der Waals surface area contributed by atoms with Crippen LogP contribution in [0.5, 0.6) is 0 Å². The predicted molar refractivity (Wildman–Crippen MR) is 121 cm³/mol. The summed E-state index contributed by atoms with van der Waals surface area (Å²) in [5.41, 5.74) is 2.73. The molecule has 2 fully saturated rings. The lowest BCUT2D eigenvalue weighted by atomic mass is 9.94. The average molecular weight is 456 g/mol. The summed E-state index contributed by atoms with van der Waals surface area (Å²) in [7, 11) is 0. The summed E-state index contributed by atoms with van der Waals surface area (Å²) in [6.45, 7) is 4.57. The molecule has 2 saturated heterocycles. The normalized spacial score (nSPS) is 17.7. The molecule has 9 heteroatoms. The fraction of sp³-hybridized carbons (Fsp3) is 0.435. The van der Waals surface area contributed by atoms with E-state index in [-0.39, 0.29) is 12.0 Å². The Morgan fingerprint density at radius 1 is 1.09 bits per heavy atom. The lowest BCUT2D eigenvalue weighted by Gasteiger charge is -2.30. The van der Waals surface area contributed by atoms with Crippen LogP contribution < -0.4 is 4.90 Å². The molecular formula is C23H26ClN5O3. The third-order valence-corrected chi connectivity index (χ3v) is 6.30. The molecular weight excluding hydrogens is 430 g/mol. The standard InChI is InChI=1S/C23H26ClN5O3/c24-20-15-22(27-10-12-31-13-11-27)29-21(25-20)14-19(26-29)18-6-8-28(9-7-18)23(30)32-16-17-4-2-1-3-5-17/h1-5,14-15,18H,6-13,16H2. The van der Waals surface area contributed by atoms with Gasteiger partial charge in [-0.3, -0.25) is 0 Å². The van der Waals surface area contributed by atoms with Crippen LogP contribution in [-0.2, 0) is 16.1 Å². The van der Waals surface area contributed by atoms with Gasteiger partial charge in [-0.1, -0.05) is 41.9 Å². The smallest absolute Gasteiger partial charge is 0.410 e. The molecule has 3 aromatic rings. The molecule has 0 aliphatic carbocycles. The van der Waals surface area contributed by atoms with Gasteiger partial charge >= 0.3 is 6.09 Å². The van der Waals surface area contributed by atoms with Gasteiger partial charge in [-0.05, 0) is 18.4 Å². The van der Waals surface area contributed by atoms with Crippen molar-refractivity contribution in [3.63, 3.8) is 0 Å². The van der Waals surface area contributed by atoms with Gasteiger partial charge < -0.3 is 19.3 Å². The van der Waals surface area contributed by atoms with E-state index in [0.717, 1.165) is 48.7 Å². The quantitative estimate of drug-likeness (QED) is 0.558. The second kappa shape index (κ2) is 9.34. The maximum Gasteiger partial charge on any atom is 0.410 e. The number of amides is 1. The van der Waals surface area contributed by atoms with E-state index in [0.29, 0.717) is 38.1 Å². The Bertz CT molecular complexity index is 1080. The Balaban J connectivity index is 1.24. The van der Waals surface area contributed by atoms with Crippen molar-refractivity contribution in [3.05, 3.63) is 58.9 Å². The van der Waals surface area contributed by atoms with Crippen LogP contribution in [0.2, 0.25) is 5.15 Å². The fourth-order valence-electron chi connectivity index (χ4n) is 4.33. The van der Waals surface area contributed by atoms with Gasteiger partial charge in [0.2, 0.25) is 0 Å². The Hall–Kier alpha value is -2.84. The molecule has 32 heavy (non-hydrogen) atoms. The van der Waals surface area contributed by atoms with Crippen molar-refractivity contribution in [2.75, 3.05) is 44.3 Å². The van der Waals surface area contributed by atoms with E-state index in [1.54, 1.807) is 4.90 Å². The third-order valence-electron chi connectivity index (χ3n) is 6.11. The lowest BCUT2D eigenvalue weighted by molar-refractivity contribution is 0.0868. The highest BCUT2D eigenvalue weighted by Crippen LogP contribution is 2.30. The van der Waals surface area contributed by atoms with Crippen molar-refractivity contribution in [2.45, 2.75) is 25.4 Å².